The predicted molar refractivity (Wildman–Crippen MR) is 77.2 cm³/mol. The van der Waals surface area contributed by atoms with E-state index in [2.05, 4.69) is 29.1 Å². The van der Waals surface area contributed by atoms with Crippen molar-refractivity contribution < 1.29 is 4.74 Å². The van der Waals surface area contributed by atoms with E-state index in [0.717, 1.165) is 18.2 Å². The summed E-state index contributed by atoms with van der Waals surface area (Å²) in [6.07, 6.45) is 5.48. The van der Waals surface area contributed by atoms with Crippen molar-refractivity contribution in [2.45, 2.75) is 51.6 Å². The molecule has 0 unspecified atom stereocenters. The van der Waals surface area contributed by atoms with E-state index in [0.29, 0.717) is 18.5 Å². The third-order valence-corrected chi connectivity index (χ3v) is 3.34. The molecule has 0 saturated heterocycles. The first kappa shape index (κ1) is 14.1. The van der Waals surface area contributed by atoms with Gasteiger partial charge in [-0.25, -0.2) is 9.97 Å². The zero-order valence-corrected chi connectivity index (χ0v) is 11.9. The minimum absolute atomic E-state index is 0.277. The van der Waals surface area contributed by atoms with E-state index in [1.165, 1.54) is 25.7 Å². The van der Waals surface area contributed by atoms with Gasteiger partial charge in [-0.15, -0.1) is 0 Å². The molecule has 19 heavy (non-hydrogen) atoms. The fraction of sp³-hybridized carbons (Fsp3) is 0.714. The molecule has 3 N–H and O–H groups in total. The van der Waals surface area contributed by atoms with Crippen LogP contribution in [0.1, 0.15) is 51.3 Å². The van der Waals surface area contributed by atoms with Crippen LogP contribution in [0, 0.1) is 0 Å². The minimum atomic E-state index is 0.277. The van der Waals surface area contributed by atoms with Gasteiger partial charge in [0.15, 0.2) is 0 Å². The van der Waals surface area contributed by atoms with Gasteiger partial charge in [0.05, 0.1) is 12.7 Å². The standard InChI is InChI=1S/C14H24N4O/c1-10(2)14-17-12(15)9-13(18-14)16-7-8-19-11-5-3-4-6-11/h9-11H,3-8H2,1-2H3,(H3,15,16,17,18). The molecule has 0 aliphatic heterocycles. The Bertz CT molecular complexity index is 402. The summed E-state index contributed by atoms with van der Waals surface area (Å²) in [5.41, 5.74) is 5.78. The zero-order chi connectivity index (χ0) is 13.7. The van der Waals surface area contributed by atoms with Gasteiger partial charge >= 0.3 is 0 Å². The Kier molecular flexibility index (Phi) is 4.96. The molecule has 0 bridgehead atoms. The first-order valence-electron chi connectivity index (χ1n) is 7.15. The summed E-state index contributed by atoms with van der Waals surface area (Å²) in [5.74, 6) is 2.35. The molecule has 106 valence electrons. The highest BCUT2D eigenvalue weighted by Crippen LogP contribution is 2.20. The number of nitrogen functional groups attached to an aromatic ring is 1. The molecule has 0 amide bonds. The monoisotopic (exact) mass is 264 g/mol. The molecule has 0 atom stereocenters. The molecule has 1 aliphatic rings. The first-order chi connectivity index (χ1) is 9.15. The van der Waals surface area contributed by atoms with Crippen LogP contribution in [0.4, 0.5) is 11.6 Å². The van der Waals surface area contributed by atoms with Gasteiger partial charge in [-0.1, -0.05) is 26.7 Å². The van der Waals surface area contributed by atoms with Crippen molar-refractivity contribution in [2.75, 3.05) is 24.2 Å². The largest absolute Gasteiger partial charge is 0.384 e. The van der Waals surface area contributed by atoms with Crippen molar-refractivity contribution in [3.63, 3.8) is 0 Å². The van der Waals surface area contributed by atoms with E-state index in [4.69, 9.17) is 10.5 Å². The minimum Gasteiger partial charge on any atom is -0.384 e. The second kappa shape index (κ2) is 6.70. The summed E-state index contributed by atoms with van der Waals surface area (Å²) in [6.45, 7) is 5.58. The van der Waals surface area contributed by atoms with Crippen LogP contribution in [0.3, 0.4) is 0 Å². The SMILES string of the molecule is CC(C)c1nc(N)cc(NCCOC2CCCC2)n1. The summed E-state index contributed by atoms with van der Waals surface area (Å²) in [5, 5.41) is 3.25. The fourth-order valence-electron chi connectivity index (χ4n) is 2.29. The molecular weight excluding hydrogens is 240 g/mol. The van der Waals surface area contributed by atoms with Gasteiger partial charge in [-0.05, 0) is 12.8 Å². The lowest BCUT2D eigenvalue weighted by atomic mass is 10.2. The zero-order valence-electron chi connectivity index (χ0n) is 11.9. The van der Waals surface area contributed by atoms with Crippen LogP contribution in [0.15, 0.2) is 6.07 Å². The number of nitrogens with one attached hydrogen (secondary N) is 1. The molecule has 2 rings (SSSR count). The number of anilines is 2. The third kappa shape index (κ3) is 4.35. The number of hydrogen-bond acceptors (Lipinski definition) is 5. The third-order valence-electron chi connectivity index (χ3n) is 3.34. The molecule has 0 spiro atoms. The summed E-state index contributed by atoms with van der Waals surface area (Å²) < 4.78 is 5.80. The number of nitrogens with zero attached hydrogens (tertiary/aromatic N) is 2. The number of nitrogens with two attached hydrogens (primary N) is 1. The summed E-state index contributed by atoms with van der Waals surface area (Å²) >= 11 is 0. The summed E-state index contributed by atoms with van der Waals surface area (Å²) in [6, 6.07) is 1.77. The Morgan fingerprint density at radius 2 is 2.11 bits per heavy atom. The van der Waals surface area contributed by atoms with Gasteiger partial charge < -0.3 is 15.8 Å². The molecule has 1 aromatic heterocycles. The highest BCUT2D eigenvalue weighted by Gasteiger charge is 2.14. The van der Waals surface area contributed by atoms with Crippen molar-refractivity contribution in [3.05, 3.63) is 11.9 Å². The second-order valence-electron chi connectivity index (χ2n) is 5.39. The van der Waals surface area contributed by atoms with Crippen LogP contribution >= 0.6 is 0 Å². The topological polar surface area (TPSA) is 73.1 Å². The lowest BCUT2D eigenvalue weighted by molar-refractivity contribution is 0.0658. The average Bonchev–Trinajstić information content (AvgIpc) is 2.87. The Hall–Kier alpha value is -1.36. The smallest absolute Gasteiger partial charge is 0.135 e. The molecule has 1 aliphatic carbocycles. The average molecular weight is 264 g/mol. The molecule has 5 heteroatoms. The number of hydrogen-bond donors (Lipinski definition) is 2. The Morgan fingerprint density at radius 3 is 2.79 bits per heavy atom. The second-order valence-corrected chi connectivity index (χ2v) is 5.39. The molecule has 1 fully saturated rings. The molecule has 1 saturated carbocycles. The predicted octanol–water partition coefficient (Wildman–Crippen LogP) is 2.55. The van der Waals surface area contributed by atoms with Gasteiger partial charge in [-0.2, -0.15) is 0 Å². The lowest BCUT2D eigenvalue weighted by Gasteiger charge is -2.13. The van der Waals surface area contributed by atoms with Crippen LogP contribution in [0.5, 0.6) is 0 Å². The van der Waals surface area contributed by atoms with Crippen LogP contribution in [0.25, 0.3) is 0 Å². The normalized spacial score (nSPS) is 16.2. The highest BCUT2D eigenvalue weighted by molar-refractivity contribution is 5.44. The van der Waals surface area contributed by atoms with E-state index >= 15 is 0 Å². The number of rotatable bonds is 6. The first-order valence-corrected chi connectivity index (χ1v) is 7.15. The fourth-order valence-corrected chi connectivity index (χ4v) is 2.29. The lowest BCUT2D eigenvalue weighted by Crippen LogP contribution is -2.16. The maximum absolute atomic E-state index is 5.80. The van der Waals surface area contributed by atoms with E-state index in [1.54, 1.807) is 6.07 Å². The number of ether oxygens (including phenoxy) is 1. The van der Waals surface area contributed by atoms with Crippen molar-refractivity contribution in [1.82, 2.24) is 9.97 Å². The van der Waals surface area contributed by atoms with Crippen LogP contribution in [0.2, 0.25) is 0 Å². The quantitative estimate of drug-likeness (QED) is 0.772. The van der Waals surface area contributed by atoms with E-state index in [-0.39, 0.29) is 5.92 Å². The van der Waals surface area contributed by atoms with Crippen molar-refractivity contribution in [1.29, 1.82) is 0 Å². The number of aromatic nitrogens is 2. The van der Waals surface area contributed by atoms with Crippen LogP contribution < -0.4 is 11.1 Å². The van der Waals surface area contributed by atoms with Gasteiger partial charge in [0.25, 0.3) is 0 Å². The van der Waals surface area contributed by atoms with Crippen molar-refractivity contribution in [3.8, 4) is 0 Å². The Morgan fingerprint density at radius 1 is 1.37 bits per heavy atom. The van der Waals surface area contributed by atoms with Crippen LogP contribution in [-0.2, 0) is 4.74 Å². The summed E-state index contributed by atoms with van der Waals surface area (Å²) in [7, 11) is 0. The van der Waals surface area contributed by atoms with Crippen LogP contribution in [-0.4, -0.2) is 29.2 Å². The van der Waals surface area contributed by atoms with Gasteiger partial charge in [-0.3, -0.25) is 0 Å². The molecular formula is C14H24N4O. The molecule has 5 nitrogen and oxygen atoms in total. The Labute approximate surface area is 115 Å². The molecule has 1 heterocycles. The molecule has 0 radical (unpaired) electrons. The van der Waals surface area contributed by atoms with Gasteiger partial charge in [0.2, 0.25) is 0 Å². The van der Waals surface area contributed by atoms with E-state index in [1.807, 2.05) is 0 Å². The van der Waals surface area contributed by atoms with Gasteiger partial charge in [0.1, 0.15) is 17.5 Å². The van der Waals surface area contributed by atoms with E-state index < -0.39 is 0 Å². The highest BCUT2D eigenvalue weighted by atomic mass is 16.5. The van der Waals surface area contributed by atoms with Crippen molar-refractivity contribution in [2.24, 2.45) is 0 Å². The van der Waals surface area contributed by atoms with Crippen molar-refractivity contribution >= 4 is 11.6 Å². The van der Waals surface area contributed by atoms with Gasteiger partial charge in [0, 0.05) is 18.5 Å². The summed E-state index contributed by atoms with van der Waals surface area (Å²) in [4.78, 5) is 8.66. The Balaban J connectivity index is 1.78. The van der Waals surface area contributed by atoms with E-state index in [9.17, 15) is 0 Å². The maximum Gasteiger partial charge on any atom is 0.135 e. The molecule has 1 aromatic rings. The molecule has 0 aromatic carbocycles. The maximum atomic E-state index is 5.80.